The third-order valence-electron chi connectivity index (χ3n) is 2.90. The van der Waals surface area contributed by atoms with Crippen molar-refractivity contribution < 1.29 is 13.9 Å². The zero-order valence-electron chi connectivity index (χ0n) is 11.4. The monoisotopic (exact) mass is 308 g/mol. The van der Waals surface area contributed by atoms with Crippen LogP contribution in [-0.2, 0) is 17.8 Å². The summed E-state index contributed by atoms with van der Waals surface area (Å²) in [5, 5.41) is 2.95. The number of amides is 1. The Labute approximate surface area is 126 Å². The van der Waals surface area contributed by atoms with Crippen LogP contribution in [0.15, 0.2) is 36.5 Å². The van der Waals surface area contributed by atoms with Crippen LogP contribution in [-0.4, -0.2) is 18.0 Å². The fraction of sp³-hybridized carbons (Fsp3) is 0.200. The van der Waals surface area contributed by atoms with Gasteiger partial charge in [-0.15, -0.1) is 0 Å². The van der Waals surface area contributed by atoms with Gasteiger partial charge in [0.15, 0.2) is 0 Å². The van der Waals surface area contributed by atoms with Crippen molar-refractivity contribution in [2.75, 3.05) is 7.11 Å². The summed E-state index contributed by atoms with van der Waals surface area (Å²) in [6.07, 6.45) is 1.49. The van der Waals surface area contributed by atoms with Gasteiger partial charge >= 0.3 is 0 Å². The second-order valence-corrected chi connectivity index (χ2v) is 4.77. The third kappa shape index (κ3) is 4.16. The smallest absolute Gasteiger partial charge is 0.224 e. The number of methoxy groups -OCH3 is 1. The predicted octanol–water partition coefficient (Wildman–Crippen LogP) is 2.74. The number of aromatic nitrogens is 1. The Hall–Kier alpha value is -2.14. The number of nitrogens with one attached hydrogen (secondary N) is 1. The number of pyridine rings is 1. The first-order chi connectivity index (χ1) is 10.1. The highest BCUT2D eigenvalue weighted by Crippen LogP contribution is 2.19. The average Bonchev–Trinajstić information content (AvgIpc) is 2.49. The first-order valence-corrected chi connectivity index (χ1v) is 6.66. The molecule has 2 aromatic rings. The van der Waals surface area contributed by atoms with Crippen LogP contribution in [0.4, 0.5) is 4.39 Å². The van der Waals surface area contributed by atoms with Crippen LogP contribution in [0.2, 0.25) is 5.02 Å². The SMILES string of the molecule is COc1cc(CNC(=O)Cc2c(F)cccc2Cl)ccn1. The number of benzene rings is 1. The first kappa shape index (κ1) is 15.3. The van der Waals surface area contributed by atoms with Crippen LogP contribution in [0, 0.1) is 5.82 Å². The van der Waals surface area contributed by atoms with Crippen LogP contribution in [0.1, 0.15) is 11.1 Å². The van der Waals surface area contributed by atoms with E-state index in [0.29, 0.717) is 12.4 Å². The minimum Gasteiger partial charge on any atom is -0.481 e. The second-order valence-electron chi connectivity index (χ2n) is 4.36. The molecule has 0 spiro atoms. The van der Waals surface area contributed by atoms with Crippen molar-refractivity contribution in [1.82, 2.24) is 10.3 Å². The van der Waals surface area contributed by atoms with Gasteiger partial charge in [-0.2, -0.15) is 0 Å². The Balaban J connectivity index is 1.96. The Morgan fingerprint density at radius 1 is 1.43 bits per heavy atom. The van der Waals surface area contributed by atoms with Crippen molar-refractivity contribution in [1.29, 1.82) is 0 Å². The molecule has 0 aliphatic carbocycles. The second kappa shape index (κ2) is 7.04. The Morgan fingerprint density at radius 3 is 2.95 bits per heavy atom. The quantitative estimate of drug-likeness (QED) is 0.924. The van der Waals surface area contributed by atoms with E-state index in [1.54, 1.807) is 24.4 Å². The minimum atomic E-state index is -0.483. The van der Waals surface area contributed by atoms with Gasteiger partial charge in [-0.25, -0.2) is 9.37 Å². The van der Waals surface area contributed by atoms with E-state index in [1.807, 2.05) is 0 Å². The maximum absolute atomic E-state index is 13.6. The molecule has 0 fully saturated rings. The van der Waals surface area contributed by atoms with E-state index in [4.69, 9.17) is 16.3 Å². The lowest BCUT2D eigenvalue weighted by molar-refractivity contribution is -0.120. The molecule has 0 saturated heterocycles. The van der Waals surface area contributed by atoms with Crippen LogP contribution in [0.5, 0.6) is 5.88 Å². The molecule has 1 N–H and O–H groups in total. The van der Waals surface area contributed by atoms with E-state index < -0.39 is 5.82 Å². The summed E-state index contributed by atoms with van der Waals surface area (Å²) in [6, 6.07) is 7.82. The van der Waals surface area contributed by atoms with E-state index in [9.17, 15) is 9.18 Å². The molecular formula is C15H14ClFN2O2. The summed E-state index contributed by atoms with van der Waals surface area (Å²) in [5.74, 6) is -0.320. The van der Waals surface area contributed by atoms with Gasteiger partial charge in [0.2, 0.25) is 11.8 Å². The van der Waals surface area contributed by atoms with Crippen molar-refractivity contribution in [3.8, 4) is 5.88 Å². The van der Waals surface area contributed by atoms with Gasteiger partial charge in [-0.05, 0) is 23.8 Å². The van der Waals surface area contributed by atoms with Gasteiger partial charge in [-0.1, -0.05) is 17.7 Å². The van der Waals surface area contributed by atoms with Gasteiger partial charge in [0.25, 0.3) is 0 Å². The van der Waals surface area contributed by atoms with E-state index in [-0.39, 0.29) is 22.9 Å². The van der Waals surface area contributed by atoms with Gasteiger partial charge in [0, 0.05) is 29.4 Å². The number of rotatable bonds is 5. The molecule has 0 radical (unpaired) electrons. The van der Waals surface area contributed by atoms with Crippen LogP contribution in [0.25, 0.3) is 0 Å². The molecule has 6 heteroatoms. The molecule has 1 aromatic heterocycles. The maximum atomic E-state index is 13.6. The Morgan fingerprint density at radius 2 is 2.24 bits per heavy atom. The molecule has 0 aliphatic heterocycles. The molecule has 2 rings (SSSR count). The van der Waals surface area contributed by atoms with Crippen LogP contribution in [0.3, 0.4) is 0 Å². The molecule has 21 heavy (non-hydrogen) atoms. The zero-order valence-corrected chi connectivity index (χ0v) is 12.2. The number of carbonyl (C=O) groups is 1. The molecule has 0 bridgehead atoms. The lowest BCUT2D eigenvalue weighted by atomic mass is 10.1. The number of hydrogen-bond donors (Lipinski definition) is 1. The standard InChI is InChI=1S/C15H14ClFN2O2/c1-21-15-7-10(5-6-18-15)9-19-14(20)8-11-12(16)3-2-4-13(11)17/h2-7H,8-9H2,1H3,(H,19,20). The third-order valence-corrected chi connectivity index (χ3v) is 3.25. The predicted molar refractivity (Wildman–Crippen MR) is 77.7 cm³/mol. The minimum absolute atomic E-state index is 0.103. The summed E-state index contributed by atoms with van der Waals surface area (Å²) in [6.45, 7) is 0.309. The van der Waals surface area contributed by atoms with Gasteiger partial charge in [0.05, 0.1) is 13.5 Å². The van der Waals surface area contributed by atoms with Crippen LogP contribution >= 0.6 is 11.6 Å². The maximum Gasteiger partial charge on any atom is 0.224 e. The first-order valence-electron chi connectivity index (χ1n) is 6.28. The summed E-state index contributed by atoms with van der Waals surface area (Å²) in [7, 11) is 1.52. The molecule has 0 aliphatic rings. The number of halogens is 2. The van der Waals surface area contributed by atoms with Crippen molar-refractivity contribution in [2.24, 2.45) is 0 Å². The molecule has 1 aromatic carbocycles. The highest BCUT2D eigenvalue weighted by Gasteiger charge is 2.11. The van der Waals surface area contributed by atoms with Crippen molar-refractivity contribution in [3.63, 3.8) is 0 Å². The molecular weight excluding hydrogens is 295 g/mol. The van der Waals surface area contributed by atoms with E-state index >= 15 is 0 Å². The van der Waals surface area contributed by atoms with Gasteiger partial charge in [0.1, 0.15) is 5.82 Å². The summed E-state index contributed by atoms with van der Waals surface area (Å²) in [4.78, 5) is 15.8. The van der Waals surface area contributed by atoms with Crippen LogP contribution < -0.4 is 10.1 Å². The summed E-state index contributed by atoms with van der Waals surface area (Å²) < 4.78 is 18.6. The summed E-state index contributed by atoms with van der Waals surface area (Å²) in [5.41, 5.74) is 1.04. The highest BCUT2D eigenvalue weighted by molar-refractivity contribution is 6.31. The molecule has 1 heterocycles. The number of hydrogen-bond acceptors (Lipinski definition) is 3. The fourth-order valence-corrected chi connectivity index (χ4v) is 2.03. The number of carbonyl (C=O) groups excluding carboxylic acids is 1. The normalized spacial score (nSPS) is 10.2. The van der Waals surface area contributed by atoms with Crippen molar-refractivity contribution in [2.45, 2.75) is 13.0 Å². The topological polar surface area (TPSA) is 51.2 Å². The average molecular weight is 309 g/mol. The number of ether oxygens (including phenoxy) is 1. The Kier molecular flexibility index (Phi) is 5.11. The molecule has 110 valence electrons. The fourth-order valence-electron chi connectivity index (χ4n) is 1.80. The van der Waals surface area contributed by atoms with E-state index in [1.165, 1.54) is 19.2 Å². The Bertz CT molecular complexity index is 629. The van der Waals surface area contributed by atoms with E-state index in [0.717, 1.165) is 5.56 Å². The lowest BCUT2D eigenvalue weighted by Gasteiger charge is -2.08. The van der Waals surface area contributed by atoms with Gasteiger partial charge in [-0.3, -0.25) is 4.79 Å². The molecule has 0 unspecified atom stereocenters. The molecule has 1 amide bonds. The molecule has 0 saturated carbocycles. The molecule has 0 atom stereocenters. The lowest BCUT2D eigenvalue weighted by Crippen LogP contribution is -2.25. The largest absolute Gasteiger partial charge is 0.481 e. The van der Waals surface area contributed by atoms with Crippen molar-refractivity contribution in [3.05, 3.63) is 58.5 Å². The summed E-state index contributed by atoms with van der Waals surface area (Å²) >= 11 is 5.89. The number of nitrogens with zero attached hydrogens (tertiary/aromatic N) is 1. The van der Waals surface area contributed by atoms with E-state index in [2.05, 4.69) is 10.3 Å². The van der Waals surface area contributed by atoms with Gasteiger partial charge < -0.3 is 10.1 Å². The van der Waals surface area contributed by atoms with Crippen molar-refractivity contribution >= 4 is 17.5 Å². The highest BCUT2D eigenvalue weighted by atomic mass is 35.5. The zero-order chi connectivity index (χ0) is 15.2. The molecule has 4 nitrogen and oxygen atoms in total.